The first kappa shape index (κ1) is 16.4. The third-order valence-corrected chi connectivity index (χ3v) is 3.13. The number of carbonyl (C=O) groups excluding carboxylic acids is 2. The second-order valence-corrected chi connectivity index (χ2v) is 4.82. The summed E-state index contributed by atoms with van der Waals surface area (Å²) in [6, 6.07) is 2.99. The van der Waals surface area contributed by atoms with Gasteiger partial charge in [-0.1, -0.05) is 6.07 Å². The van der Waals surface area contributed by atoms with Crippen molar-refractivity contribution in [2.45, 2.75) is 13.5 Å². The molecule has 0 aliphatic carbocycles. The summed E-state index contributed by atoms with van der Waals surface area (Å²) in [4.78, 5) is 25.1. The summed E-state index contributed by atoms with van der Waals surface area (Å²) in [5, 5.41) is 11.4. The molecular formula is C12H18N2O5S. The SMILES string of the molecule is CCOC(=O)N(CCOCc1cccs1)C(=O)N(C)O. The predicted octanol–water partition coefficient (Wildman–Crippen LogP) is 2.16. The van der Waals surface area contributed by atoms with Gasteiger partial charge in [-0.05, 0) is 18.4 Å². The van der Waals surface area contributed by atoms with E-state index in [1.807, 2.05) is 17.5 Å². The van der Waals surface area contributed by atoms with Crippen molar-refractivity contribution in [1.29, 1.82) is 0 Å². The largest absolute Gasteiger partial charge is 0.449 e. The van der Waals surface area contributed by atoms with Crippen LogP contribution in [-0.4, -0.2) is 54.1 Å². The Morgan fingerprint density at radius 1 is 1.45 bits per heavy atom. The van der Waals surface area contributed by atoms with E-state index in [1.54, 1.807) is 18.3 Å². The van der Waals surface area contributed by atoms with Crippen LogP contribution in [0.25, 0.3) is 0 Å². The highest BCUT2D eigenvalue weighted by atomic mass is 32.1. The van der Waals surface area contributed by atoms with Crippen molar-refractivity contribution >= 4 is 23.5 Å². The van der Waals surface area contributed by atoms with E-state index in [-0.39, 0.29) is 19.8 Å². The summed E-state index contributed by atoms with van der Waals surface area (Å²) in [5.74, 6) is 0. The van der Waals surface area contributed by atoms with Gasteiger partial charge in [0.05, 0.1) is 26.4 Å². The van der Waals surface area contributed by atoms with Gasteiger partial charge < -0.3 is 9.47 Å². The van der Waals surface area contributed by atoms with Crippen LogP contribution in [0.4, 0.5) is 9.59 Å². The molecule has 0 unspecified atom stereocenters. The highest BCUT2D eigenvalue weighted by molar-refractivity contribution is 7.09. The molecule has 0 fully saturated rings. The molecular weight excluding hydrogens is 284 g/mol. The average molecular weight is 302 g/mol. The topological polar surface area (TPSA) is 79.3 Å². The summed E-state index contributed by atoms with van der Waals surface area (Å²) in [5.41, 5.74) is 0. The molecule has 0 aliphatic heterocycles. The van der Waals surface area contributed by atoms with Crippen molar-refractivity contribution in [3.63, 3.8) is 0 Å². The maximum Gasteiger partial charge on any atom is 0.418 e. The van der Waals surface area contributed by atoms with Gasteiger partial charge in [-0.25, -0.2) is 19.6 Å². The van der Waals surface area contributed by atoms with Gasteiger partial charge in [0, 0.05) is 11.9 Å². The van der Waals surface area contributed by atoms with Gasteiger partial charge in [-0.15, -0.1) is 11.3 Å². The van der Waals surface area contributed by atoms with Crippen molar-refractivity contribution < 1.29 is 24.3 Å². The van der Waals surface area contributed by atoms with E-state index in [0.29, 0.717) is 11.7 Å². The van der Waals surface area contributed by atoms with Crippen molar-refractivity contribution in [2.24, 2.45) is 0 Å². The minimum Gasteiger partial charge on any atom is -0.449 e. The average Bonchev–Trinajstić information content (AvgIpc) is 2.91. The van der Waals surface area contributed by atoms with E-state index >= 15 is 0 Å². The fourth-order valence-electron chi connectivity index (χ4n) is 1.36. The Morgan fingerprint density at radius 3 is 2.75 bits per heavy atom. The summed E-state index contributed by atoms with van der Waals surface area (Å²) >= 11 is 1.56. The molecule has 0 saturated carbocycles. The maximum atomic E-state index is 11.6. The molecule has 8 heteroatoms. The summed E-state index contributed by atoms with van der Waals surface area (Å²) < 4.78 is 10.1. The Kier molecular flexibility index (Phi) is 6.99. The monoisotopic (exact) mass is 302 g/mol. The molecule has 1 heterocycles. The maximum absolute atomic E-state index is 11.6. The third-order valence-electron chi connectivity index (χ3n) is 2.28. The van der Waals surface area contributed by atoms with Gasteiger partial charge in [-0.3, -0.25) is 5.21 Å². The van der Waals surface area contributed by atoms with Crippen molar-refractivity contribution in [3.8, 4) is 0 Å². The van der Waals surface area contributed by atoms with E-state index in [2.05, 4.69) is 0 Å². The highest BCUT2D eigenvalue weighted by Crippen LogP contribution is 2.09. The number of ether oxygens (including phenoxy) is 2. The zero-order valence-electron chi connectivity index (χ0n) is 11.4. The molecule has 0 bridgehead atoms. The first-order chi connectivity index (χ1) is 9.56. The van der Waals surface area contributed by atoms with Crippen LogP contribution in [0.1, 0.15) is 11.8 Å². The molecule has 7 nitrogen and oxygen atoms in total. The second kappa shape index (κ2) is 8.51. The van der Waals surface area contributed by atoms with Crippen LogP contribution in [0, 0.1) is 0 Å². The molecule has 0 saturated heterocycles. The highest BCUT2D eigenvalue weighted by Gasteiger charge is 2.24. The molecule has 0 atom stereocenters. The van der Waals surface area contributed by atoms with E-state index in [1.165, 1.54) is 0 Å². The smallest absolute Gasteiger partial charge is 0.418 e. The first-order valence-corrected chi connectivity index (χ1v) is 6.95. The van der Waals surface area contributed by atoms with Crippen molar-refractivity contribution in [1.82, 2.24) is 9.96 Å². The minimum atomic E-state index is -0.858. The minimum absolute atomic E-state index is 0.00788. The number of hydroxylamine groups is 2. The quantitative estimate of drug-likeness (QED) is 0.495. The molecule has 0 aromatic carbocycles. The molecule has 0 radical (unpaired) electrons. The number of imide groups is 1. The number of hydrogen-bond donors (Lipinski definition) is 1. The number of amides is 3. The number of nitrogens with zero attached hydrogens (tertiary/aromatic N) is 2. The summed E-state index contributed by atoms with van der Waals surface area (Å²) in [7, 11) is 1.14. The van der Waals surface area contributed by atoms with E-state index in [9.17, 15) is 9.59 Å². The lowest BCUT2D eigenvalue weighted by atomic mass is 10.5. The Bertz CT molecular complexity index is 421. The number of thiophene rings is 1. The zero-order chi connectivity index (χ0) is 15.0. The van der Waals surface area contributed by atoms with Gasteiger partial charge in [0.1, 0.15) is 0 Å². The molecule has 0 aliphatic rings. The first-order valence-electron chi connectivity index (χ1n) is 6.07. The van der Waals surface area contributed by atoms with Crippen LogP contribution in [0.15, 0.2) is 17.5 Å². The lowest BCUT2D eigenvalue weighted by molar-refractivity contribution is -0.0353. The third kappa shape index (κ3) is 5.16. The normalized spacial score (nSPS) is 10.2. The van der Waals surface area contributed by atoms with Crippen LogP contribution in [0.5, 0.6) is 0 Å². The summed E-state index contributed by atoms with van der Waals surface area (Å²) in [6.07, 6.45) is -0.807. The number of carbonyl (C=O) groups is 2. The second-order valence-electron chi connectivity index (χ2n) is 3.79. The van der Waals surface area contributed by atoms with Gasteiger partial charge in [0.2, 0.25) is 0 Å². The van der Waals surface area contributed by atoms with Crippen molar-refractivity contribution in [2.75, 3.05) is 26.8 Å². The van der Waals surface area contributed by atoms with Gasteiger partial charge in [-0.2, -0.15) is 0 Å². The zero-order valence-corrected chi connectivity index (χ0v) is 12.3. The molecule has 112 valence electrons. The standard InChI is InChI=1S/C12H18N2O5S/c1-3-19-12(16)14(11(15)13(2)17)6-7-18-9-10-5-4-8-20-10/h4-5,8,17H,3,6-7,9H2,1-2H3. The summed E-state index contributed by atoms with van der Waals surface area (Å²) in [6.45, 7) is 2.37. The Balaban J connectivity index is 2.43. The van der Waals surface area contributed by atoms with Crippen LogP contribution in [-0.2, 0) is 16.1 Å². The van der Waals surface area contributed by atoms with Gasteiger partial charge in [0.25, 0.3) is 0 Å². The fourth-order valence-corrected chi connectivity index (χ4v) is 2.00. The molecule has 0 spiro atoms. The lowest BCUT2D eigenvalue weighted by Gasteiger charge is -2.22. The van der Waals surface area contributed by atoms with Crippen LogP contribution in [0.2, 0.25) is 0 Å². The molecule has 3 amide bonds. The molecule has 1 rings (SSSR count). The molecule has 20 heavy (non-hydrogen) atoms. The van der Waals surface area contributed by atoms with Crippen LogP contribution < -0.4 is 0 Å². The Morgan fingerprint density at radius 2 is 2.20 bits per heavy atom. The molecule has 1 aromatic heterocycles. The number of urea groups is 1. The molecule has 1 aromatic rings. The van der Waals surface area contributed by atoms with Crippen LogP contribution >= 0.6 is 11.3 Å². The number of hydrogen-bond acceptors (Lipinski definition) is 6. The Hall–Kier alpha value is -1.64. The van der Waals surface area contributed by atoms with Crippen molar-refractivity contribution in [3.05, 3.63) is 22.4 Å². The van der Waals surface area contributed by atoms with E-state index < -0.39 is 12.1 Å². The van der Waals surface area contributed by atoms with Gasteiger partial charge in [0.15, 0.2) is 0 Å². The van der Waals surface area contributed by atoms with Crippen LogP contribution in [0.3, 0.4) is 0 Å². The number of rotatable bonds is 6. The lowest BCUT2D eigenvalue weighted by Crippen LogP contribution is -2.45. The molecule has 1 N–H and O–H groups in total. The van der Waals surface area contributed by atoms with E-state index in [4.69, 9.17) is 14.7 Å². The fraction of sp³-hybridized carbons (Fsp3) is 0.500. The predicted molar refractivity (Wildman–Crippen MR) is 72.6 cm³/mol. The van der Waals surface area contributed by atoms with Gasteiger partial charge >= 0.3 is 12.1 Å². The van der Waals surface area contributed by atoms with E-state index in [0.717, 1.165) is 16.8 Å². The Labute approximate surface area is 121 Å².